The van der Waals surface area contributed by atoms with E-state index in [1.807, 2.05) is 0 Å². The summed E-state index contributed by atoms with van der Waals surface area (Å²) in [6, 6.07) is 1.64. The van der Waals surface area contributed by atoms with Gasteiger partial charge in [0.1, 0.15) is 11.3 Å². The van der Waals surface area contributed by atoms with Crippen LogP contribution in [0.25, 0.3) is 0 Å². The predicted molar refractivity (Wildman–Crippen MR) is 54.0 cm³/mol. The van der Waals surface area contributed by atoms with E-state index in [9.17, 15) is 15.0 Å². The van der Waals surface area contributed by atoms with Crippen LogP contribution in [0.1, 0.15) is 33.3 Å². The second kappa shape index (κ2) is 3.77. The molecule has 1 aliphatic rings. The van der Waals surface area contributed by atoms with Crippen LogP contribution in [-0.4, -0.2) is 23.3 Å². The highest BCUT2D eigenvalue weighted by Crippen LogP contribution is 2.39. The number of aliphatic hydroxyl groups excluding tert-OH is 2. The molecule has 0 fully saturated rings. The van der Waals surface area contributed by atoms with Crippen LogP contribution in [0.2, 0.25) is 0 Å². The average Bonchev–Trinajstić information content (AvgIpc) is 2.54. The molecule has 0 saturated carbocycles. The van der Waals surface area contributed by atoms with Gasteiger partial charge in [0.05, 0.1) is 13.7 Å². The van der Waals surface area contributed by atoms with Gasteiger partial charge in [-0.05, 0) is 24.1 Å². The molecule has 2 N–H and O–H groups in total. The minimum atomic E-state index is -1.32. The number of fused-ring (bicyclic) bond motifs is 1. The smallest absolute Gasteiger partial charge is 0.345 e. The van der Waals surface area contributed by atoms with Gasteiger partial charge < -0.3 is 19.7 Å². The molecular formula is C11H12O5. The Morgan fingerprint density at radius 1 is 1.56 bits per heavy atom. The number of ether oxygens (including phenoxy) is 2. The molecule has 0 bridgehead atoms. The van der Waals surface area contributed by atoms with Gasteiger partial charge >= 0.3 is 5.97 Å². The summed E-state index contributed by atoms with van der Waals surface area (Å²) in [6.45, 7) is 1.51. The van der Waals surface area contributed by atoms with Crippen LogP contribution < -0.4 is 4.74 Å². The van der Waals surface area contributed by atoms with Crippen LogP contribution in [0.15, 0.2) is 6.07 Å². The van der Waals surface area contributed by atoms with E-state index >= 15 is 0 Å². The quantitative estimate of drug-likeness (QED) is 0.721. The van der Waals surface area contributed by atoms with E-state index in [1.54, 1.807) is 13.0 Å². The molecule has 86 valence electrons. The second-order valence-corrected chi connectivity index (χ2v) is 3.58. The van der Waals surface area contributed by atoms with E-state index in [0.717, 1.165) is 5.56 Å². The van der Waals surface area contributed by atoms with Gasteiger partial charge in [-0.15, -0.1) is 0 Å². The Morgan fingerprint density at radius 3 is 2.81 bits per heavy atom. The zero-order valence-corrected chi connectivity index (χ0v) is 8.98. The summed E-state index contributed by atoms with van der Waals surface area (Å²) in [7, 11) is 1.44. The standard InChI is InChI=1S/C11H12O5/c1-5-3-7(15-2)9-8(6(5)4-12)10(13)16-11(9)14/h3,10,12-13H,4H2,1-2H3/t10-/m1/s1. The van der Waals surface area contributed by atoms with Crippen LogP contribution in [0.4, 0.5) is 0 Å². The summed E-state index contributed by atoms with van der Waals surface area (Å²) in [6.07, 6.45) is -1.32. The minimum Gasteiger partial charge on any atom is -0.496 e. The van der Waals surface area contributed by atoms with Gasteiger partial charge in [-0.2, -0.15) is 0 Å². The molecule has 0 aliphatic carbocycles. The van der Waals surface area contributed by atoms with Crippen LogP contribution >= 0.6 is 0 Å². The van der Waals surface area contributed by atoms with E-state index < -0.39 is 12.3 Å². The summed E-state index contributed by atoms with van der Waals surface area (Å²) < 4.78 is 9.76. The van der Waals surface area contributed by atoms with Crippen LogP contribution in [-0.2, 0) is 11.3 Å². The maximum Gasteiger partial charge on any atom is 0.345 e. The van der Waals surface area contributed by atoms with Crippen molar-refractivity contribution in [1.82, 2.24) is 0 Å². The van der Waals surface area contributed by atoms with Gasteiger partial charge in [0.2, 0.25) is 6.29 Å². The number of cyclic esters (lactones) is 1. The Kier molecular flexibility index (Phi) is 2.57. The fraction of sp³-hybridized carbons (Fsp3) is 0.364. The summed E-state index contributed by atoms with van der Waals surface area (Å²) in [5.74, 6) is -0.277. The molecule has 0 spiro atoms. The van der Waals surface area contributed by atoms with Gasteiger partial charge in [0.25, 0.3) is 0 Å². The monoisotopic (exact) mass is 224 g/mol. The number of aliphatic hydroxyl groups is 2. The molecular weight excluding hydrogens is 212 g/mol. The fourth-order valence-corrected chi connectivity index (χ4v) is 1.93. The first kappa shape index (κ1) is 10.9. The summed E-state index contributed by atoms with van der Waals surface area (Å²) >= 11 is 0. The number of methoxy groups -OCH3 is 1. The molecule has 1 atom stereocenters. The van der Waals surface area contributed by atoms with Crippen LogP contribution in [0, 0.1) is 6.92 Å². The second-order valence-electron chi connectivity index (χ2n) is 3.58. The van der Waals surface area contributed by atoms with Gasteiger partial charge in [0.15, 0.2) is 0 Å². The molecule has 0 unspecified atom stereocenters. The Balaban J connectivity index is 2.75. The molecule has 0 saturated heterocycles. The third-order valence-electron chi connectivity index (χ3n) is 2.71. The number of hydrogen-bond acceptors (Lipinski definition) is 5. The highest BCUT2D eigenvalue weighted by Gasteiger charge is 2.35. The van der Waals surface area contributed by atoms with Crippen LogP contribution in [0.5, 0.6) is 5.75 Å². The lowest BCUT2D eigenvalue weighted by Gasteiger charge is -2.12. The molecule has 1 aromatic rings. The van der Waals surface area contributed by atoms with Gasteiger partial charge in [-0.1, -0.05) is 0 Å². The molecule has 0 radical (unpaired) electrons. The minimum absolute atomic E-state index is 0.199. The van der Waals surface area contributed by atoms with Crippen molar-refractivity contribution in [3.63, 3.8) is 0 Å². The van der Waals surface area contributed by atoms with Crippen LogP contribution in [0.3, 0.4) is 0 Å². The van der Waals surface area contributed by atoms with E-state index in [2.05, 4.69) is 0 Å². The largest absolute Gasteiger partial charge is 0.496 e. The normalized spacial score (nSPS) is 18.2. The topological polar surface area (TPSA) is 76.0 Å². The van der Waals surface area contributed by atoms with E-state index in [1.165, 1.54) is 7.11 Å². The molecule has 5 heteroatoms. The summed E-state index contributed by atoms with van der Waals surface area (Å²) in [4.78, 5) is 11.5. The lowest BCUT2D eigenvalue weighted by molar-refractivity contribution is -0.0555. The Labute approximate surface area is 92.2 Å². The zero-order valence-electron chi connectivity index (χ0n) is 8.98. The first-order valence-corrected chi connectivity index (χ1v) is 4.80. The number of esters is 1. The highest BCUT2D eigenvalue weighted by atomic mass is 16.6. The molecule has 2 rings (SSSR count). The lowest BCUT2D eigenvalue weighted by atomic mass is 9.97. The van der Waals surface area contributed by atoms with Crippen molar-refractivity contribution in [2.24, 2.45) is 0 Å². The number of hydrogen-bond donors (Lipinski definition) is 2. The van der Waals surface area contributed by atoms with E-state index in [0.29, 0.717) is 16.9 Å². The van der Waals surface area contributed by atoms with Gasteiger partial charge in [-0.3, -0.25) is 0 Å². The van der Waals surface area contributed by atoms with Crippen molar-refractivity contribution < 1.29 is 24.5 Å². The number of benzene rings is 1. The van der Waals surface area contributed by atoms with Gasteiger partial charge in [0, 0.05) is 5.56 Å². The molecule has 1 heterocycles. The zero-order chi connectivity index (χ0) is 11.9. The van der Waals surface area contributed by atoms with E-state index in [4.69, 9.17) is 9.47 Å². The van der Waals surface area contributed by atoms with Crippen molar-refractivity contribution >= 4 is 5.97 Å². The Bertz CT molecular complexity index is 452. The highest BCUT2D eigenvalue weighted by molar-refractivity contribution is 5.97. The van der Waals surface area contributed by atoms with Crippen molar-refractivity contribution in [2.75, 3.05) is 7.11 Å². The van der Waals surface area contributed by atoms with Crippen molar-refractivity contribution in [1.29, 1.82) is 0 Å². The molecule has 1 aliphatic heterocycles. The fourth-order valence-electron chi connectivity index (χ4n) is 1.93. The summed E-state index contributed by atoms with van der Waals surface area (Å²) in [5.41, 5.74) is 1.76. The number of rotatable bonds is 2. The molecule has 0 amide bonds. The summed E-state index contributed by atoms with van der Waals surface area (Å²) in [5, 5.41) is 18.8. The van der Waals surface area contributed by atoms with Gasteiger partial charge in [-0.25, -0.2) is 4.79 Å². The molecule has 16 heavy (non-hydrogen) atoms. The Hall–Kier alpha value is -1.59. The third-order valence-corrected chi connectivity index (χ3v) is 2.71. The first-order valence-electron chi connectivity index (χ1n) is 4.80. The van der Waals surface area contributed by atoms with E-state index in [-0.39, 0.29) is 12.2 Å². The molecule has 0 aromatic heterocycles. The first-order chi connectivity index (χ1) is 7.60. The van der Waals surface area contributed by atoms with Crippen molar-refractivity contribution in [2.45, 2.75) is 19.8 Å². The maximum atomic E-state index is 11.5. The molecule has 5 nitrogen and oxygen atoms in total. The number of aryl methyl sites for hydroxylation is 1. The average molecular weight is 224 g/mol. The SMILES string of the molecule is COc1cc(C)c(CO)c2c1C(=O)O[C@H]2O. The molecule has 1 aromatic carbocycles. The van der Waals surface area contributed by atoms with Crippen molar-refractivity contribution in [3.8, 4) is 5.75 Å². The lowest BCUT2D eigenvalue weighted by Crippen LogP contribution is -2.04. The van der Waals surface area contributed by atoms with Crippen molar-refractivity contribution in [3.05, 3.63) is 28.3 Å². The number of carbonyl (C=O) groups is 1. The third kappa shape index (κ3) is 1.36. The predicted octanol–water partition coefficient (Wildman–Crippen LogP) is 0.657. The Morgan fingerprint density at radius 2 is 2.25 bits per heavy atom. The maximum absolute atomic E-state index is 11.5. The number of carbonyl (C=O) groups excluding carboxylic acids is 1.